The maximum atomic E-state index is 14.1. The first-order chi connectivity index (χ1) is 9.56. The minimum Gasteiger partial charge on any atom is -0.495 e. The molecule has 1 unspecified atom stereocenters. The SMILES string of the molecule is CCC(C)N1CCN(c2cc(OC)c(N)cc2F)CC1. The van der Waals surface area contributed by atoms with Crippen molar-refractivity contribution in [2.75, 3.05) is 43.9 Å². The van der Waals surface area contributed by atoms with Crippen LogP contribution in [-0.2, 0) is 0 Å². The Hall–Kier alpha value is -1.49. The molecule has 0 aromatic heterocycles. The topological polar surface area (TPSA) is 41.7 Å². The van der Waals surface area contributed by atoms with Gasteiger partial charge in [-0.25, -0.2) is 4.39 Å². The molecule has 2 rings (SSSR count). The number of anilines is 2. The van der Waals surface area contributed by atoms with Gasteiger partial charge in [-0.1, -0.05) is 6.92 Å². The second kappa shape index (κ2) is 6.31. The summed E-state index contributed by atoms with van der Waals surface area (Å²) < 4.78 is 19.3. The number of hydrogen-bond acceptors (Lipinski definition) is 4. The van der Waals surface area contributed by atoms with Crippen molar-refractivity contribution >= 4 is 11.4 Å². The molecule has 0 saturated carbocycles. The number of nitrogens with zero attached hydrogens (tertiary/aromatic N) is 2. The second-order valence-electron chi connectivity index (χ2n) is 5.33. The summed E-state index contributed by atoms with van der Waals surface area (Å²) in [5.74, 6) is 0.256. The number of piperazine rings is 1. The summed E-state index contributed by atoms with van der Waals surface area (Å²) in [5, 5.41) is 0. The third-order valence-electron chi connectivity index (χ3n) is 4.17. The molecule has 1 aromatic carbocycles. The van der Waals surface area contributed by atoms with Gasteiger partial charge < -0.3 is 15.4 Å². The highest BCUT2D eigenvalue weighted by molar-refractivity contribution is 5.63. The first-order valence-corrected chi connectivity index (χ1v) is 7.18. The molecular weight excluding hydrogens is 257 g/mol. The maximum absolute atomic E-state index is 14.1. The summed E-state index contributed by atoms with van der Waals surface area (Å²) in [6.45, 7) is 8.01. The van der Waals surface area contributed by atoms with Crippen LogP contribution in [0.2, 0.25) is 0 Å². The Kier molecular flexibility index (Phi) is 4.70. The molecule has 1 fully saturated rings. The van der Waals surface area contributed by atoms with E-state index in [1.165, 1.54) is 6.07 Å². The Morgan fingerprint density at radius 3 is 2.50 bits per heavy atom. The van der Waals surface area contributed by atoms with E-state index in [0.29, 0.717) is 23.2 Å². The van der Waals surface area contributed by atoms with Crippen LogP contribution in [0.1, 0.15) is 20.3 Å². The Balaban J connectivity index is 2.10. The van der Waals surface area contributed by atoms with E-state index in [2.05, 4.69) is 23.6 Å². The predicted molar refractivity (Wildman–Crippen MR) is 80.9 cm³/mol. The molecule has 0 amide bonds. The van der Waals surface area contributed by atoms with E-state index in [1.54, 1.807) is 13.2 Å². The van der Waals surface area contributed by atoms with Crippen molar-refractivity contribution in [2.24, 2.45) is 0 Å². The molecule has 0 bridgehead atoms. The summed E-state index contributed by atoms with van der Waals surface area (Å²) in [6.07, 6.45) is 1.14. The summed E-state index contributed by atoms with van der Waals surface area (Å²) in [7, 11) is 1.55. The first-order valence-electron chi connectivity index (χ1n) is 7.18. The molecule has 1 heterocycles. The number of rotatable bonds is 4. The highest BCUT2D eigenvalue weighted by Gasteiger charge is 2.22. The van der Waals surface area contributed by atoms with E-state index in [0.717, 1.165) is 32.6 Å². The van der Waals surface area contributed by atoms with Gasteiger partial charge in [0.1, 0.15) is 11.6 Å². The lowest BCUT2D eigenvalue weighted by atomic mass is 10.1. The van der Waals surface area contributed by atoms with Crippen molar-refractivity contribution in [3.8, 4) is 5.75 Å². The summed E-state index contributed by atoms with van der Waals surface area (Å²) in [4.78, 5) is 4.51. The van der Waals surface area contributed by atoms with E-state index in [9.17, 15) is 4.39 Å². The Morgan fingerprint density at radius 2 is 1.95 bits per heavy atom. The van der Waals surface area contributed by atoms with Gasteiger partial charge in [0.15, 0.2) is 0 Å². The highest BCUT2D eigenvalue weighted by Crippen LogP contribution is 2.31. The standard InChI is InChI=1S/C15H24FN3O/c1-4-11(2)18-5-7-19(8-6-18)14-10-15(20-3)13(17)9-12(14)16/h9-11H,4-8,17H2,1-3H3. The van der Waals surface area contributed by atoms with Gasteiger partial charge in [-0.05, 0) is 13.3 Å². The maximum Gasteiger partial charge on any atom is 0.148 e. The van der Waals surface area contributed by atoms with Crippen LogP contribution in [0.25, 0.3) is 0 Å². The number of benzene rings is 1. The average Bonchev–Trinajstić information content (AvgIpc) is 2.47. The quantitative estimate of drug-likeness (QED) is 0.860. The first kappa shape index (κ1) is 14.9. The second-order valence-corrected chi connectivity index (χ2v) is 5.33. The zero-order chi connectivity index (χ0) is 14.7. The van der Waals surface area contributed by atoms with Crippen molar-refractivity contribution in [2.45, 2.75) is 26.3 Å². The van der Waals surface area contributed by atoms with E-state index < -0.39 is 0 Å². The van der Waals surface area contributed by atoms with Gasteiger partial charge in [0.2, 0.25) is 0 Å². The van der Waals surface area contributed by atoms with Crippen LogP contribution in [0.5, 0.6) is 5.75 Å². The van der Waals surface area contributed by atoms with E-state index >= 15 is 0 Å². The number of halogens is 1. The molecule has 112 valence electrons. The monoisotopic (exact) mass is 281 g/mol. The lowest BCUT2D eigenvalue weighted by molar-refractivity contribution is 0.192. The van der Waals surface area contributed by atoms with Crippen LogP contribution in [0, 0.1) is 5.82 Å². The molecule has 1 aromatic rings. The largest absolute Gasteiger partial charge is 0.495 e. The van der Waals surface area contributed by atoms with Crippen molar-refractivity contribution in [3.63, 3.8) is 0 Å². The van der Waals surface area contributed by atoms with Crippen LogP contribution in [0.15, 0.2) is 12.1 Å². The number of methoxy groups -OCH3 is 1. The van der Waals surface area contributed by atoms with Crippen molar-refractivity contribution in [1.29, 1.82) is 0 Å². The molecule has 4 nitrogen and oxygen atoms in total. The molecular formula is C15H24FN3O. The molecule has 0 spiro atoms. The molecule has 1 aliphatic heterocycles. The lowest BCUT2D eigenvalue weighted by Crippen LogP contribution is -2.49. The summed E-state index contributed by atoms with van der Waals surface area (Å²) in [6, 6.07) is 3.63. The van der Waals surface area contributed by atoms with Gasteiger partial charge >= 0.3 is 0 Å². The lowest BCUT2D eigenvalue weighted by Gasteiger charge is -2.39. The Labute approximate surface area is 120 Å². The summed E-state index contributed by atoms with van der Waals surface area (Å²) in [5.41, 5.74) is 6.64. The zero-order valence-electron chi connectivity index (χ0n) is 12.5. The molecule has 2 N–H and O–H groups in total. The third kappa shape index (κ3) is 2.98. The number of ether oxygens (including phenoxy) is 1. The molecule has 0 radical (unpaired) electrons. The van der Waals surface area contributed by atoms with Gasteiger partial charge in [0.05, 0.1) is 18.5 Å². The van der Waals surface area contributed by atoms with Crippen molar-refractivity contribution in [1.82, 2.24) is 4.90 Å². The van der Waals surface area contributed by atoms with Crippen molar-refractivity contribution < 1.29 is 9.13 Å². The fraction of sp³-hybridized carbons (Fsp3) is 0.600. The fourth-order valence-electron chi connectivity index (χ4n) is 2.64. The minimum atomic E-state index is -0.278. The molecule has 1 saturated heterocycles. The van der Waals surface area contributed by atoms with Gasteiger partial charge in [0.25, 0.3) is 0 Å². The van der Waals surface area contributed by atoms with Gasteiger partial charge in [-0.2, -0.15) is 0 Å². The average molecular weight is 281 g/mol. The van der Waals surface area contributed by atoms with Crippen LogP contribution in [-0.4, -0.2) is 44.2 Å². The minimum absolute atomic E-state index is 0.278. The number of hydrogen-bond donors (Lipinski definition) is 1. The van der Waals surface area contributed by atoms with E-state index in [-0.39, 0.29) is 5.82 Å². The Morgan fingerprint density at radius 1 is 1.30 bits per heavy atom. The number of nitrogen functional groups attached to an aromatic ring is 1. The summed E-state index contributed by atoms with van der Waals surface area (Å²) >= 11 is 0. The molecule has 1 aliphatic rings. The molecule has 5 heteroatoms. The van der Waals surface area contributed by atoms with Crippen LogP contribution in [0.4, 0.5) is 15.8 Å². The molecule has 0 aliphatic carbocycles. The third-order valence-corrected chi connectivity index (χ3v) is 4.17. The highest BCUT2D eigenvalue weighted by atomic mass is 19.1. The van der Waals surface area contributed by atoms with E-state index in [4.69, 9.17) is 10.5 Å². The zero-order valence-corrected chi connectivity index (χ0v) is 12.5. The van der Waals surface area contributed by atoms with Crippen LogP contribution < -0.4 is 15.4 Å². The predicted octanol–water partition coefficient (Wildman–Crippen LogP) is 2.34. The van der Waals surface area contributed by atoms with Crippen molar-refractivity contribution in [3.05, 3.63) is 17.9 Å². The smallest absolute Gasteiger partial charge is 0.148 e. The normalized spacial score (nSPS) is 18.1. The Bertz CT molecular complexity index is 459. The van der Waals surface area contributed by atoms with E-state index in [1.807, 2.05) is 0 Å². The van der Waals surface area contributed by atoms with Gasteiger partial charge in [-0.3, -0.25) is 4.90 Å². The fourth-order valence-corrected chi connectivity index (χ4v) is 2.64. The molecule has 1 atom stereocenters. The number of nitrogens with two attached hydrogens (primary N) is 1. The van der Waals surface area contributed by atoms with Crippen LogP contribution >= 0.6 is 0 Å². The molecule has 20 heavy (non-hydrogen) atoms. The van der Waals surface area contributed by atoms with Gasteiger partial charge in [-0.15, -0.1) is 0 Å². The van der Waals surface area contributed by atoms with Crippen LogP contribution in [0.3, 0.4) is 0 Å². The van der Waals surface area contributed by atoms with Gasteiger partial charge in [0, 0.05) is 44.4 Å².